The van der Waals surface area contributed by atoms with Crippen molar-refractivity contribution in [1.82, 2.24) is 0 Å². The minimum atomic E-state index is 0.548. The second-order valence-corrected chi connectivity index (χ2v) is 5.43. The summed E-state index contributed by atoms with van der Waals surface area (Å²) in [5, 5.41) is 3.50. The standard InChI is InChI=1S/C19H21NO/c1-2-12-21-19-10-6-15(7-11-19)14-20-18-9-8-16-4-3-5-17(16)13-18/h2,6-11,13,20H,1,3-5,12,14H2. The SMILES string of the molecule is C=CCOc1ccc(CNc2ccc3c(c2)CCC3)cc1. The van der Waals surface area contributed by atoms with E-state index < -0.39 is 0 Å². The maximum Gasteiger partial charge on any atom is 0.119 e. The molecule has 2 aromatic carbocycles. The maximum absolute atomic E-state index is 5.48. The Morgan fingerprint density at radius 2 is 1.86 bits per heavy atom. The summed E-state index contributed by atoms with van der Waals surface area (Å²) >= 11 is 0. The monoisotopic (exact) mass is 279 g/mol. The number of nitrogens with one attached hydrogen (secondary N) is 1. The summed E-state index contributed by atoms with van der Waals surface area (Å²) in [7, 11) is 0. The van der Waals surface area contributed by atoms with Crippen LogP contribution >= 0.6 is 0 Å². The van der Waals surface area contributed by atoms with E-state index >= 15 is 0 Å². The number of hydrogen-bond acceptors (Lipinski definition) is 2. The van der Waals surface area contributed by atoms with E-state index in [1.807, 2.05) is 12.1 Å². The predicted molar refractivity (Wildman–Crippen MR) is 87.9 cm³/mol. The highest BCUT2D eigenvalue weighted by Crippen LogP contribution is 2.25. The molecule has 1 aliphatic rings. The summed E-state index contributed by atoms with van der Waals surface area (Å²) in [6.45, 7) is 5.03. The molecule has 0 heterocycles. The Morgan fingerprint density at radius 1 is 1.05 bits per heavy atom. The van der Waals surface area contributed by atoms with Crippen LogP contribution in [-0.4, -0.2) is 6.61 Å². The molecule has 0 aromatic heterocycles. The molecule has 0 atom stereocenters. The highest BCUT2D eigenvalue weighted by molar-refractivity contribution is 5.50. The lowest BCUT2D eigenvalue weighted by atomic mass is 10.1. The van der Waals surface area contributed by atoms with Crippen LogP contribution in [-0.2, 0) is 19.4 Å². The number of hydrogen-bond donors (Lipinski definition) is 1. The first kappa shape index (κ1) is 13.7. The molecule has 2 heteroatoms. The molecule has 108 valence electrons. The van der Waals surface area contributed by atoms with Gasteiger partial charge < -0.3 is 10.1 Å². The minimum absolute atomic E-state index is 0.548. The lowest BCUT2D eigenvalue weighted by molar-refractivity contribution is 0.363. The Hall–Kier alpha value is -2.22. The molecule has 3 rings (SSSR count). The van der Waals surface area contributed by atoms with Crippen molar-refractivity contribution < 1.29 is 4.74 Å². The van der Waals surface area contributed by atoms with Gasteiger partial charge in [0.05, 0.1) is 0 Å². The van der Waals surface area contributed by atoms with Gasteiger partial charge in [-0.3, -0.25) is 0 Å². The zero-order chi connectivity index (χ0) is 14.5. The lowest BCUT2D eigenvalue weighted by Gasteiger charge is -2.09. The molecule has 0 aliphatic heterocycles. The van der Waals surface area contributed by atoms with Crippen LogP contribution in [0.2, 0.25) is 0 Å². The number of benzene rings is 2. The zero-order valence-corrected chi connectivity index (χ0v) is 12.3. The van der Waals surface area contributed by atoms with Crippen molar-refractivity contribution in [2.75, 3.05) is 11.9 Å². The molecule has 1 aliphatic carbocycles. The van der Waals surface area contributed by atoms with Crippen molar-refractivity contribution in [3.05, 3.63) is 71.8 Å². The van der Waals surface area contributed by atoms with E-state index in [-0.39, 0.29) is 0 Å². The number of ether oxygens (including phenoxy) is 1. The van der Waals surface area contributed by atoms with Crippen molar-refractivity contribution >= 4 is 5.69 Å². The van der Waals surface area contributed by atoms with Gasteiger partial charge in [0.1, 0.15) is 12.4 Å². The van der Waals surface area contributed by atoms with Crippen LogP contribution in [0.25, 0.3) is 0 Å². The molecule has 0 saturated heterocycles. The summed E-state index contributed by atoms with van der Waals surface area (Å²) in [5.41, 5.74) is 5.49. The lowest BCUT2D eigenvalue weighted by Crippen LogP contribution is -2.00. The van der Waals surface area contributed by atoms with Crippen molar-refractivity contribution in [1.29, 1.82) is 0 Å². The zero-order valence-electron chi connectivity index (χ0n) is 12.3. The fourth-order valence-electron chi connectivity index (χ4n) is 2.74. The van der Waals surface area contributed by atoms with Gasteiger partial charge >= 0.3 is 0 Å². The number of aryl methyl sites for hydroxylation is 2. The van der Waals surface area contributed by atoms with Crippen LogP contribution in [0.5, 0.6) is 5.75 Å². The van der Waals surface area contributed by atoms with Gasteiger partial charge in [0.15, 0.2) is 0 Å². The van der Waals surface area contributed by atoms with Gasteiger partial charge in [0.25, 0.3) is 0 Å². The summed E-state index contributed by atoms with van der Waals surface area (Å²) in [6.07, 6.45) is 5.51. The first-order valence-electron chi connectivity index (χ1n) is 7.53. The Bertz CT molecular complexity index is 616. The van der Waals surface area contributed by atoms with Crippen molar-refractivity contribution in [3.63, 3.8) is 0 Å². The molecule has 0 saturated carbocycles. The molecule has 0 radical (unpaired) electrons. The third-order valence-electron chi connectivity index (χ3n) is 3.89. The van der Waals surface area contributed by atoms with Gasteiger partial charge in [-0.25, -0.2) is 0 Å². The molecule has 21 heavy (non-hydrogen) atoms. The van der Waals surface area contributed by atoms with Crippen molar-refractivity contribution in [3.8, 4) is 5.75 Å². The van der Waals surface area contributed by atoms with E-state index in [1.165, 1.54) is 41.6 Å². The third-order valence-corrected chi connectivity index (χ3v) is 3.89. The molecular formula is C19H21NO. The highest BCUT2D eigenvalue weighted by atomic mass is 16.5. The van der Waals surface area contributed by atoms with E-state index in [0.29, 0.717) is 6.61 Å². The Labute approximate surface area is 126 Å². The van der Waals surface area contributed by atoms with Crippen LogP contribution in [0.1, 0.15) is 23.1 Å². The largest absolute Gasteiger partial charge is 0.490 e. The molecule has 0 amide bonds. The van der Waals surface area contributed by atoms with Crippen LogP contribution < -0.4 is 10.1 Å². The quantitative estimate of drug-likeness (QED) is 0.794. The van der Waals surface area contributed by atoms with Gasteiger partial charge in [-0.1, -0.05) is 30.9 Å². The Kier molecular flexibility index (Phi) is 4.25. The van der Waals surface area contributed by atoms with E-state index in [4.69, 9.17) is 4.74 Å². The molecule has 2 aromatic rings. The van der Waals surface area contributed by atoms with Crippen molar-refractivity contribution in [2.45, 2.75) is 25.8 Å². The third kappa shape index (κ3) is 3.46. The van der Waals surface area contributed by atoms with Crippen LogP contribution in [0.15, 0.2) is 55.1 Å². The predicted octanol–water partition coefficient (Wildman–Crippen LogP) is 4.35. The van der Waals surface area contributed by atoms with E-state index in [0.717, 1.165) is 12.3 Å². The first-order chi connectivity index (χ1) is 10.3. The van der Waals surface area contributed by atoms with Gasteiger partial charge in [0.2, 0.25) is 0 Å². The Balaban J connectivity index is 1.58. The van der Waals surface area contributed by atoms with E-state index in [1.54, 1.807) is 6.08 Å². The number of rotatable bonds is 6. The molecule has 0 fully saturated rings. The number of anilines is 1. The first-order valence-corrected chi connectivity index (χ1v) is 7.53. The fourth-order valence-corrected chi connectivity index (χ4v) is 2.74. The second-order valence-electron chi connectivity index (χ2n) is 5.43. The normalized spacial score (nSPS) is 12.8. The van der Waals surface area contributed by atoms with Gasteiger partial charge in [-0.05, 0) is 60.2 Å². The molecule has 2 nitrogen and oxygen atoms in total. The van der Waals surface area contributed by atoms with Crippen LogP contribution in [0.3, 0.4) is 0 Å². The molecule has 0 unspecified atom stereocenters. The summed E-state index contributed by atoms with van der Waals surface area (Å²) in [5.74, 6) is 0.885. The maximum atomic E-state index is 5.48. The molecule has 0 bridgehead atoms. The average Bonchev–Trinajstić information content (AvgIpc) is 2.99. The van der Waals surface area contributed by atoms with Gasteiger partial charge in [0, 0.05) is 12.2 Å². The Morgan fingerprint density at radius 3 is 2.67 bits per heavy atom. The van der Waals surface area contributed by atoms with Gasteiger partial charge in [-0.2, -0.15) is 0 Å². The summed E-state index contributed by atoms with van der Waals surface area (Å²) in [4.78, 5) is 0. The summed E-state index contributed by atoms with van der Waals surface area (Å²) < 4.78 is 5.48. The highest BCUT2D eigenvalue weighted by Gasteiger charge is 2.10. The topological polar surface area (TPSA) is 21.3 Å². The molecule has 1 N–H and O–H groups in total. The minimum Gasteiger partial charge on any atom is -0.490 e. The van der Waals surface area contributed by atoms with E-state index in [2.05, 4.69) is 42.2 Å². The van der Waals surface area contributed by atoms with Crippen LogP contribution in [0.4, 0.5) is 5.69 Å². The average molecular weight is 279 g/mol. The van der Waals surface area contributed by atoms with Crippen LogP contribution in [0, 0.1) is 0 Å². The number of fused-ring (bicyclic) bond motifs is 1. The summed E-state index contributed by atoms with van der Waals surface area (Å²) in [6, 6.07) is 14.9. The second kappa shape index (κ2) is 6.49. The van der Waals surface area contributed by atoms with E-state index in [9.17, 15) is 0 Å². The molecular weight excluding hydrogens is 258 g/mol. The smallest absolute Gasteiger partial charge is 0.119 e. The van der Waals surface area contributed by atoms with Gasteiger partial charge in [-0.15, -0.1) is 0 Å². The molecule has 0 spiro atoms. The van der Waals surface area contributed by atoms with Crippen molar-refractivity contribution in [2.24, 2.45) is 0 Å². The fraction of sp³-hybridized carbons (Fsp3) is 0.263.